The molecule has 6 rings (SSSR count). The Labute approximate surface area is 264 Å². The van der Waals surface area contributed by atoms with Crippen molar-refractivity contribution in [2.75, 3.05) is 37.5 Å². The number of sulfone groups is 1. The summed E-state index contributed by atoms with van der Waals surface area (Å²) < 4.78 is 50.3. The average Bonchev–Trinajstić information content (AvgIpc) is 3.07. The number of anilines is 2. The van der Waals surface area contributed by atoms with Crippen LogP contribution in [0.2, 0.25) is 0 Å². The molecule has 9 heteroatoms. The lowest BCUT2D eigenvalue weighted by molar-refractivity contribution is 0.270. The lowest BCUT2D eigenvalue weighted by Gasteiger charge is -2.32. The first-order valence-corrected chi connectivity index (χ1v) is 16.1. The summed E-state index contributed by atoms with van der Waals surface area (Å²) in [6.07, 6.45) is 5.16. The van der Waals surface area contributed by atoms with Crippen molar-refractivity contribution in [3.8, 4) is 23.0 Å². The number of allylic oxidation sites excluding steroid dienone is 2. The Kier molecular flexibility index (Phi) is 8.45. The molecule has 0 saturated carbocycles. The number of rotatable bonds is 10. The SMILES string of the molecule is C=CCc1cc2c(c(OC)c1)OCN(c1ccc(S(=O)(=O)c3ccc(N4COc5c(cc(CC=C)cc5OC)C4)cc3)cc1)C2. The first-order valence-electron chi connectivity index (χ1n) is 14.7. The Morgan fingerprint density at radius 3 is 1.44 bits per heavy atom. The number of methoxy groups -OCH3 is 2. The molecule has 0 aromatic heterocycles. The Morgan fingerprint density at radius 1 is 0.689 bits per heavy atom. The van der Waals surface area contributed by atoms with Crippen molar-refractivity contribution in [2.24, 2.45) is 0 Å². The summed E-state index contributed by atoms with van der Waals surface area (Å²) in [7, 11) is -0.457. The maximum Gasteiger partial charge on any atom is 0.206 e. The molecule has 0 saturated heterocycles. The molecule has 4 aromatic carbocycles. The van der Waals surface area contributed by atoms with Crippen LogP contribution in [0.25, 0.3) is 0 Å². The van der Waals surface area contributed by atoms with E-state index in [1.165, 1.54) is 0 Å². The molecule has 2 aliphatic rings. The number of hydrogen-bond acceptors (Lipinski definition) is 8. The van der Waals surface area contributed by atoms with Gasteiger partial charge in [-0.15, -0.1) is 13.2 Å². The fourth-order valence-corrected chi connectivity index (χ4v) is 7.07. The zero-order valence-electron chi connectivity index (χ0n) is 25.5. The standard InChI is InChI=1S/C36H36N2O6S/c1-5-7-25-17-27-21-37(23-43-35(27)33(19-25)41-3)29-9-13-31(14-10-29)45(39,40)32-15-11-30(12-16-32)38-22-28-18-26(8-6-2)20-34(42-4)36(28)44-24-38/h5-6,9-20H,1-2,7-8,21-24H2,3-4H3. The Morgan fingerprint density at radius 2 is 1.09 bits per heavy atom. The normalized spacial score (nSPS) is 14.0. The minimum Gasteiger partial charge on any atom is -0.493 e. The summed E-state index contributed by atoms with van der Waals surface area (Å²) >= 11 is 0. The topological polar surface area (TPSA) is 77.5 Å². The van der Waals surface area contributed by atoms with Gasteiger partial charge in [-0.3, -0.25) is 0 Å². The van der Waals surface area contributed by atoms with E-state index in [0.717, 1.165) is 58.0 Å². The van der Waals surface area contributed by atoms with Crippen molar-refractivity contribution in [1.29, 1.82) is 0 Å². The molecule has 45 heavy (non-hydrogen) atoms. The van der Waals surface area contributed by atoms with Gasteiger partial charge in [-0.25, -0.2) is 8.42 Å². The van der Waals surface area contributed by atoms with Gasteiger partial charge in [0.2, 0.25) is 9.84 Å². The zero-order chi connectivity index (χ0) is 31.6. The van der Waals surface area contributed by atoms with Crippen molar-refractivity contribution in [3.63, 3.8) is 0 Å². The Hall–Kier alpha value is -4.89. The second-order valence-electron chi connectivity index (χ2n) is 11.0. The molecule has 8 nitrogen and oxygen atoms in total. The highest BCUT2D eigenvalue weighted by Gasteiger charge is 2.25. The third-order valence-corrected chi connectivity index (χ3v) is 9.84. The lowest BCUT2D eigenvalue weighted by Crippen LogP contribution is -2.32. The maximum absolute atomic E-state index is 13.6. The van der Waals surface area contributed by atoms with Crippen LogP contribution >= 0.6 is 0 Å². The molecule has 0 atom stereocenters. The van der Waals surface area contributed by atoms with Crippen molar-refractivity contribution >= 4 is 21.2 Å². The number of hydrogen-bond donors (Lipinski definition) is 0. The van der Waals surface area contributed by atoms with E-state index in [1.807, 2.05) is 48.6 Å². The van der Waals surface area contributed by atoms with E-state index in [0.29, 0.717) is 38.1 Å². The van der Waals surface area contributed by atoms with E-state index in [1.54, 1.807) is 38.5 Å². The van der Waals surface area contributed by atoms with Gasteiger partial charge in [0, 0.05) is 35.6 Å². The van der Waals surface area contributed by atoms with Gasteiger partial charge in [0.15, 0.2) is 36.5 Å². The molecular weight excluding hydrogens is 588 g/mol. The van der Waals surface area contributed by atoms with Crippen LogP contribution < -0.4 is 28.7 Å². The van der Waals surface area contributed by atoms with Crippen LogP contribution in [0.4, 0.5) is 11.4 Å². The fourth-order valence-electron chi connectivity index (χ4n) is 5.81. The number of nitrogens with zero attached hydrogens (tertiary/aromatic N) is 2. The summed E-state index contributed by atoms with van der Waals surface area (Å²) in [4.78, 5) is 4.56. The summed E-state index contributed by atoms with van der Waals surface area (Å²) in [5.74, 6) is 2.88. The van der Waals surface area contributed by atoms with E-state index < -0.39 is 9.84 Å². The minimum absolute atomic E-state index is 0.226. The molecule has 0 fully saturated rings. The molecule has 0 aliphatic carbocycles. The third-order valence-electron chi connectivity index (χ3n) is 8.06. The van der Waals surface area contributed by atoms with Gasteiger partial charge in [0.05, 0.1) is 24.0 Å². The summed E-state index contributed by atoms with van der Waals surface area (Å²) in [5, 5.41) is 0. The highest BCUT2D eigenvalue weighted by molar-refractivity contribution is 7.91. The predicted molar refractivity (Wildman–Crippen MR) is 175 cm³/mol. The maximum atomic E-state index is 13.6. The van der Waals surface area contributed by atoms with Crippen LogP contribution in [0.1, 0.15) is 22.3 Å². The van der Waals surface area contributed by atoms with Crippen LogP contribution in [-0.2, 0) is 35.8 Å². The Balaban J connectivity index is 1.17. The number of benzene rings is 4. The first kappa shape index (κ1) is 30.1. The molecule has 2 heterocycles. The van der Waals surface area contributed by atoms with Gasteiger partial charge < -0.3 is 28.7 Å². The largest absolute Gasteiger partial charge is 0.493 e. The monoisotopic (exact) mass is 624 g/mol. The summed E-state index contributed by atoms with van der Waals surface area (Å²) in [5.41, 5.74) is 5.92. The highest BCUT2D eigenvalue weighted by atomic mass is 32.2. The zero-order valence-corrected chi connectivity index (χ0v) is 26.3. The molecule has 0 unspecified atom stereocenters. The molecule has 232 valence electrons. The molecule has 0 spiro atoms. The minimum atomic E-state index is -3.72. The van der Waals surface area contributed by atoms with Gasteiger partial charge in [0.25, 0.3) is 0 Å². The van der Waals surface area contributed by atoms with Gasteiger partial charge >= 0.3 is 0 Å². The van der Waals surface area contributed by atoms with E-state index in [4.69, 9.17) is 18.9 Å². The van der Waals surface area contributed by atoms with Crippen molar-refractivity contribution in [1.82, 2.24) is 0 Å². The van der Waals surface area contributed by atoms with Crippen LogP contribution in [0, 0.1) is 0 Å². The van der Waals surface area contributed by atoms with Crippen LogP contribution in [0.15, 0.2) is 108 Å². The van der Waals surface area contributed by atoms with Crippen LogP contribution in [-0.4, -0.2) is 36.1 Å². The first-order chi connectivity index (χ1) is 21.8. The van der Waals surface area contributed by atoms with E-state index >= 15 is 0 Å². The summed E-state index contributed by atoms with van der Waals surface area (Å²) in [6.45, 7) is 9.54. The van der Waals surface area contributed by atoms with Gasteiger partial charge in [-0.05, 0) is 96.8 Å². The average molecular weight is 625 g/mol. The van der Waals surface area contributed by atoms with Crippen molar-refractivity contribution in [3.05, 3.63) is 120 Å². The summed E-state index contributed by atoms with van der Waals surface area (Å²) in [6, 6.07) is 22.0. The number of fused-ring (bicyclic) bond motifs is 2. The molecule has 4 aromatic rings. The molecule has 0 radical (unpaired) electrons. The second kappa shape index (κ2) is 12.6. The fraction of sp³-hybridized carbons (Fsp3) is 0.222. The van der Waals surface area contributed by atoms with Gasteiger partial charge in [0.1, 0.15) is 0 Å². The van der Waals surface area contributed by atoms with E-state index in [2.05, 4.69) is 35.1 Å². The van der Waals surface area contributed by atoms with Crippen LogP contribution in [0.5, 0.6) is 23.0 Å². The van der Waals surface area contributed by atoms with Crippen molar-refractivity contribution < 1.29 is 27.4 Å². The second-order valence-corrected chi connectivity index (χ2v) is 12.9. The molecule has 0 N–H and O–H groups in total. The van der Waals surface area contributed by atoms with Crippen molar-refractivity contribution in [2.45, 2.75) is 35.7 Å². The predicted octanol–water partition coefficient (Wildman–Crippen LogP) is 6.71. The van der Waals surface area contributed by atoms with Crippen LogP contribution in [0.3, 0.4) is 0 Å². The highest BCUT2D eigenvalue weighted by Crippen LogP contribution is 2.39. The van der Waals surface area contributed by atoms with Gasteiger partial charge in [-0.2, -0.15) is 0 Å². The lowest BCUT2D eigenvalue weighted by atomic mass is 10.0. The van der Waals surface area contributed by atoms with E-state index in [-0.39, 0.29) is 9.79 Å². The van der Waals surface area contributed by atoms with E-state index in [9.17, 15) is 8.42 Å². The van der Waals surface area contributed by atoms with Gasteiger partial charge in [-0.1, -0.05) is 12.2 Å². The molecule has 2 aliphatic heterocycles. The number of ether oxygens (including phenoxy) is 4. The quantitative estimate of drug-likeness (QED) is 0.180. The third kappa shape index (κ3) is 5.95. The smallest absolute Gasteiger partial charge is 0.206 e. The molecule has 0 bridgehead atoms. The molecular formula is C36H36N2O6S. The Bertz CT molecular complexity index is 1710. The molecule has 0 amide bonds.